The number of ether oxygens (including phenoxy) is 2. The first-order chi connectivity index (χ1) is 14.0. The summed E-state index contributed by atoms with van der Waals surface area (Å²) in [4.78, 5) is 16.8. The normalized spacial score (nSPS) is 12.0. The van der Waals surface area contributed by atoms with E-state index in [1.165, 1.54) is 0 Å². The van der Waals surface area contributed by atoms with Crippen LogP contribution in [0.1, 0.15) is 24.3 Å². The molecule has 1 unspecified atom stereocenters. The van der Waals surface area contributed by atoms with E-state index in [0.717, 1.165) is 27.6 Å². The van der Waals surface area contributed by atoms with E-state index < -0.39 is 5.92 Å². The summed E-state index contributed by atoms with van der Waals surface area (Å²) in [6.45, 7) is 3.57. The smallest absolute Gasteiger partial charge is 0.318 e. The lowest BCUT2D eigenvalue weighted by atomic mass is 9.98. The maximum atomic E-state index is 12.6. The van der Waals surface area contributed by atoms with Crippen LogP contribution in [0, 0.1) is 6.92 Å². The summed E-state index contributed by atoms with van der Waals surface area (Å²) in [5.74, 6) is 1.55. The Kier molecular flexibility index (Phi) is 4.99. The van der Waals surface area contributed by atoms with Crippen LogP contribution >= 0.6 is 0 Å². The molecule has 0 amide bonds. The van der Waals surface area contributed by atoms with Crippen molar-refractivity contribution in [3.8, 4) is 22.9 Å². The Hall–Kier alpha value is -3.67. The highest BCUT2D eigenvalue weighted by atomic mass is 16.5. The number of aryl methyl sites for hydroxylation is 1. The Morgan fingerprint density at radius 2 is 1.66 bits per heavy atom. The lowest BCUT2D eigenvalue weighted by molar-refractivity contribution is -0.135. The zero-order valence-electron chi connectivity index (χ0n) is 16.4. The number of methoxy groups -OCH3 is 1. The van der Waals surface area contributed by atoms with Crippen molar-refractivity contribution in [1.29, 1.82) is 0 Å². The van der Waals surface area contributed by atoms with Crippen molar-refractivity contribution in [1.82, 2.24) is 10.1 Å². The summed E-state index contributed by atoms with van der Waals surface area (Å²) in [6.07, 6.45) is 0. The summed E-state index contributed by atoms with van der Waals surface area (Å²) in [6, 6.07) is 18.8. The van der Waals surface area contributed by atoms with Crippen LogP contribution in [-0.4, -0.2) is 23.2 Å². The molecule has 1 heterocycles. The van der Waals surface area contributed by atoms with Crippen molar-refractivity contribution < 1.29 is 18.8 Å². The van der Waals surface area contributed by atoms with Gasteiger partial charge in [0.05, 0.1) is 13.0 Å². The van der Waals surface area contributed by atoms with Crippen LogP contribution in [0.5, 0.6) is 11.5 Å². The molecule has 146 valence electrons. The zero-order chi connectivity index (χ0) is 20.4. The highest BCUT2D eigenvalue weighted by Gasteiger charge is 2.18. The van der Waals surface area contributed by atoms with Crippen LogP contribution in [0.4, 0.5) is 0 Å². The Balaban J connectivity index is 1.48. The quantitative estimate of drug-likeness (QED) is 0.357. The van der Waals surface area contributed by atoms with Crippen molar-refractivity contribution in [3.05, 3.63) is 72.1 Å². The highest BCUT2D eigenvalue weighted by Crippen LogP contribution is 2.27. The van der Waals surface area contributed by atoms with Gasteiger partial charge in [-0.1, -0.05) is 29.4 Å². The Morgan fingerprint density at radius 3 is 2.34 bits per heavy atom. The average Bonchev–Trinajstić information content (AvgIpc) is 3.19. The monoisotopic (exact) mass is 388 g/mol. The highest BCUT2D eigenvalue weighted by molar-refractivity contribution is 5.87. The lowest BCUT2D eigenvalue weighted by Crippen LogP contribution is -2.16. The molecule has 29 heavy (non-hydrogen) atoms. The fourth-order valence-electron chi connectivity index (χ4n) is 3.07. The maximum Gasteiger partial charge on any atom is 0.318 e. The zero-order valence-corrected chi connectivity index (χ0v) is 16.4. The van der Waals surface area contributed by atoms with Crippen LogP contribution in [0.2, 0.25) is 0 Å². The molecule has 0 saturated heterocycles. The number of carbonyl (C=O) groups excluding carboxylic acids is 1. The van der Waals surface area contributed by atoms with E-state index in [4.69, 9.17) is 14.0 Å². The molecule has 0 aliphatic carbocycles. The van der Waals surface area contributed by atoms with Crippen molar-refractivity contribution in [2.24, 2.45) is 0 Å². The van der Waals surface area contributed by atoms with Gasteiger partial charge in [0.25, 0.3) is 0 Å². The standard InChI is InChI=1S/C23H20N2O4/c1-14(17-4-5-19-13-21(27-3)11-8-18(19)12-17)23(26)28-20-9-6-16(7-10-20)22-24-15(2)29-25-22/h4-14H,1-3H3. The summed E-state index contributed by atoms with van der Waals surface area (Å²) in [7, 11) is 1.64. The molecule has 0 radical (unpaired) electrons. The van der Waals surface area contributed by atoms with Gasteiger partial charge in [-0.05, 0) is 59.7 Å². The summed E-state index contributed by atoms with van der Waals surface area (Å²) < 4.78 is 15.8. The van der Waals surface area contributed by atoms with Gasteiger partial charge >= 0.3 is 5.97 Å². The molecule has 1 atom stereocenters. The third kappa shape index (κ3) is 3.96. The fraction of sp³-hybridized carbons (Fsp3) is 0.174. The first kappa shape index (κ1) is 18.7. The van der Waals surface area contributed by atoms with Crippen LogP contribution < -0.4 is 9.47 Å². The Morgan fingerprint density at radius 1 is 0.966 bits per heavy atom. The first-order valence-electron chi connectivity index (χ1n) is 9.23. The van der Waals surface area contributed by atoms with E-state index >= 15 is 0 Å². The van der Waals surface area contributed by atoms with Crippen LogP contribution in [-0.2, 0) is 4.79 Å². The molecule has 1 aromatic heterocycles. The number of benzene rings is 3. The molecule has 4 aromatic rings. The Labute approximate surface area is 168 Å². The van der Waals surface area contributed by atoms with Gasteiger partial charge in [-0.15, -0.1) is 0 Å². The number of carbonyl (C=O) groups is 1. The maximum absolute atomic E-state index is 12.6. The predicted molar refractivity (Wildman–Crippen MR) is 109 cm³/mol. The SMILES string of the molecule is COc1ccc2cc(C(C)C(=O)Oc3ccc(-c4noc(C)n4)cc3)ccc2c1. The van der Waals surface area contributed by atoms with Gasteiger partial charge in [0, 0.05) is 12.5 Å². The summed E-state index contributed by atoms with van der Waals surface area (Å²) in [5, 5.41) is 5.98. The molecule has 0 bridgehead atoms. The third-order valence-electron chi connectivity index (χ3n) is 4.78. The molecule has 0 saturated carbocycles. The molecule has 0 N–H and O–H groups in total. The van der Waals surface area contributed by atoms with E-state index in [-0.39, 0.29) is 5.97 Å². The predicted octanol–water partition coefficient (Wildman–Crippen LogP) is 4.92. The first-order valence-corrected chi connectivity index (χ1v) is 9.23. The van der Waals surface area contributed by atoms with Gasteiger partial charge in [0.15, 0.2) is 0 Å². The molecule has 6 heteroatoms. The van der Waals surface area contributed by atoms with E-state index in [0.29, 0.717) is 17.5 Å². The van der Waals surface area contributed by atoms with Gasteiger partial charge in [0.2, 0.25) is 11.7 Å². The van der Waals surface area contributed by atoms with E-state index in [1.54, 1.807) is 38.3 Å². The summed E-state index contributed by atoms with van der Waals surface area (Å²) >= 11 is 0. The topological polar surface area (TPSA) is 74.5 Å². The van der Waals surface area contributed by atoms with Crippen LogP contribution in [0.3, 0.4) is 0 Å². The van der Waals surface area contributed by atoms with Gasteiger partial charge < -0.3 is 14.0 Å². The van der Waals surface area contributed by atoms with Crippen molar-refractivity contribution in [3.63, 3.8) is 0 Å². The molecule has 0 aliphatic rings. The van der Waals surface area contributed by atoms with Crippen molar-refractivity contribution in [2.75, 3.05) is 7.11 Å². The second-order valence-electron chi connectivity index (χ2n) is 6.78. The van der Waals surface area contributed by atoms with Gasteiger partial charge in [-0.2, -0.15) is 4.98 Å². The molecule has 0 spiro atoms. The second-order valence-corrected chi connectivity index (χ2v) is 6.78. The number of esters is 1. The molecule has 4 rings (SSSR count). The third-order valence-corrected chi connectivity index (χ3v) is 4.78. The number of hydrogen-bond donors (Lipinski definition) is 0. The molecule has 0 aliphatic heterocycles. The van der Waals surface area contributed by atoms with E-state index in [2.05, 4.69) is 10.1 Å². The number of hydrogen-bond acceptors (Lipinski definition) is 6. The van der Waals surface area contributed by atoms with E-state index in [9.17, 15) is 4.79 Å². The fourth-order valence-corrected chi connectivity index (χ4v) is 3.07. The summed E-state index contributed by atoms with van der Waals surface area (Å²) in [5.41, 5.74) is 1.69. The van der Waals surface area contributed by atoms with Crippen molar-refractivity contribution in [2.45, 2.75) is 19.8 Å². The minimum absolute atomic E-state index is 0.319. The largest absolute Gasteiger partial charge is 0.497 e. The van der Waals surface area contributed by atoms with Gasteiger partial charge in [-0.3, -0.25) is 4.79 Å². The molecule has 3 aromatic carbocycles. The number of rotatable bonds is 5. The Bertz CT molecular complexity index is 1170. The second kappa shape index (κ2) is 7.75. The molecule has 6 nitrogen and oxygen atoms in total. The van der Waals surface area contributed by atoms with Crippen LogP contribution in [0.25, 0.3) is 22.2 Å². The number of aromatic nitrogens is 2. The van der Waals surface area contributed by atoms with Gasteiger partial charge in [-0.25, -0.2) is 0 Å². The van der Waals surface area contributed by atoms with Gasteiger partial charge in [0.1, 0.15) is 11.5 Å². The molecular formula is C23H20N2O4. The van der Waals surface area contributed by atoms with Crippen molar-refractivity contribution >= 4 is 16.7 Å². The minimum Gasteiger partial charge on any atom is -0.497 e. The van der Waals surface area contributed by atoms with Crippen LogP contribution in [0.15, 0.2) is 65.2 Å². The minimum atomic E-state index is -0.402. The molecular weight excluding hydrogens is 368 g/mol. The van der Waals surface area contributed by atoms with E-state index in [1.807, 2.05) is 43.3 Å². The number of fused-ring (bicyclic) bond motifs is 1. The average molecular weight is 388 g/mol. The molecule has 0 fully saturated rings. The number of nitrogens with zero attached hydrogens (tertiary/aromatic N) is 2. The lowest BCUT2D eigenvalue weighted by Gasteiger charge is -2.13.